The van der Waals surface area contributed by atoms with Crippen LogP contribution in [-0.4, -0.2) is 35.4 Å². The third-order valence-electron chi connectivity index (χ3n) is 5.58. The SMILES string of the molecule is COc1cc2ncnc(Nc3cccc(Cl)c3)c2cc1B1OC(C)(C)C(C)(C)O1. The Morgan fingerprint density at radius 3 is 2.41 bits per heavy atom. The van der Waals surface area contributed by atoms with Crippen LogP contribution in [0.1, 0.15) is 27.7 Å². The summed E-state index contributed by atoms with van der Waals surface area (Å²) in [7, 11) is 1.07. The number of hydrogen-bond donors (Lipinski definition) is 1. The summed E-state index contributed by atoms with van der Waals surface area (Å²) in [6.45, 7) is 8.09. The van der Waals surface area contributed by atoms with E-state index >= 15 is 0 Å². The van der Waals surface area contributed by atoms with Gasteiger partial charge in [-0.25, -0.2) is 9.97 Å². The molecule has 0 atom stereocenters. The zero-order valence-electron chi connectivity index (χ0n) is 17.1. The third-order valence-corrected chi connectivity index (χ3v) is 5.82. The van der Waals surface area contributed by atoms with Crippen molar-refractivity contribution < 1.29 is 14.0 Å². The molecule has 2 heterocycles. The predicted octanol–water partition coefficient (Wildman–Crippen LogP) is 4.33. The van der Waals surface area contributed by atoms with Crippen LogP contribution in [0, 0.1) is 0 Å². The van der Waals surface area contributed by atoms with Crippen molar-refractivity contribution in [3.05, 3.63) is 47.7 Å². The van der Waals surface area contributed by atoms with Gasteiger partial charge in [0.2, 0.25) is 0 Å². The molecule has 0 amide bonds. The Balaban J connectivity index is 1.80. The Bertz CT molecular complexity index is 1060. The van der Waals surface area contributed by atoms with Crippen LogP contribution in [0.4, 0.5) is 11.5 Å². The van der Waals surface area contributed by atoms with Gasteiger partial charge in [0.1, 0.15) is 17.9 Å². The lowest BCUT2D eigenvalue weighted by atomic mass is 9.77. The monoisotopic (exact) mass is 411 g/mol. The van der Waals surface area contributed by atoms with Gasteiger partial charge in [-0.15, -0.1) is 0 Å². The zero-order chi connectivity index (χ0) is 20.8. The molecule has 1 aliphatic rings. The molecule has 2 aromatic carbocycles. The molecule has 29 heavy (non-hydrogen) atoms. The fourth-order valence-corrected chi connectivity index (χ4v) is 3.42. The van der Waals surface area contributed by atoms with Crippen LogP contribution in [-0.2, 0) is 9.31 Å². The molecule has 150 valence electrons. The fraction of sp³-hybridized carbons (Fsp3) is 0.333. The number of aromatic nitrogens is 2. The number of nitrogens with zero attached hydrogens (tertiary/aromatic N) is 2. The molecule has 1 fully saturated rings. The quantitative estimate of drug-likeness (QED) is 0.644. The van der Waals surface area contributed by atoms with Gasteiger partial charge in [-0.05, 0) is 52.0 Å². The second kappa shape index (κ2) is 7.16. The van der Waals surface area contributed by atoms with Crippen molar-refractivity contribution in [2.45, 2.75) is 38.9 Å². The molecule has 0 saturated carbocycles. The van der Waals surface area contributed by atoms with E-state index in [0.717, 1.165) is 22.1 Å². The lowest BCUT2D eigenvalue weighted by Gasteiger charge is -2.32. The molecule has 8 heteroatoms. The molecule has 0 bridgehead atoms. The molecular formula is C21H23BClN3O3. The van der Waals surface area contributed by atoms with Gasteiger partial charge in [0.25, 0.3) is 0 Å². The minimum absolute atomic E-state index is 0.452. The first kappa shape index (κ1) is 19.9. The highest BCUT2D eigenvalue weighted by Crippen LogP contribution is 2.38. The topological polar surface area (TPSA) is 65.5 Å². The van der Waals surface area contributed by atoms with Gasteiger partial charge in [-0.2, -0.15) is 0 Å². The number of rotatable bonds is 4. The number of hydrogen-bond acceptors (Lipinski definition) is 6. The highest BCUT2D eigenvalue weighted by Gasteiger charge is 2.52. The van der Waals surface area contributed by atoms with E-state index in [-0.39, 0.29) is 0 Å². The van der Waals surface area contributed by atoms with Gasteiger partial charge in [-0.3, -0.25) is 0 Å². The fourth-order valence-electron chi connectivity index (χ4n) is 3.23. The molecule has 1 saturated heterocycles. The lowest BCUT2D eigenvalue weighted by molar-refractivity contribution is 0.00578. The number of nitrogens with one attached hydrogen (secondary N) is 1. The van der Waals surface area contributed by atoms with Gasteiger partial charge in [-0.1, -0.05) is 17.7 Å². The Morgan fingerprint density at radius 2 is 1.76 bits per heavy atom. The average Bonchev–Trinajstić information content (AvgIpc) is 2.88. The summed E-state index contributed by atoms with van der Waals surface area (Å²) in [4.78, 5) is 8.82. The maximum atomic E-state index is 6.23. The van der Waals surface area contributed by atoms with Crippen LogP contribution < -0.4 is 15.5 Å². The van der Waals surface area contributed by atoms with Crippen molar-refractivity contribution in [1.29, 1.82) is 0 Å². The minimum atomic E-state index is -0.557. The maximum absolute atomic E-state index is 6.23. The van der Waals surface area contributed by atoms with Crippen LogP contribution in [0.5, 0.6) is 5.75 Å². The summed E-state index contributed by atoms with van der Waals surface area (Å²) in [5, 5.41) is 4.80. The Labute approximate surface area is 175 Å². The van der Waals surface area contributed by atoms with Gasteiger partial charge in [0, 0.05) is 27.6 Å². The molecule has 3 aromatic rings. The largest absolute Gasteiger partial charge is 0.498 e. The molecule has 4 rings (SSSR count). The lowest BCUT2D eigenvalue weighted by Crippen LogP contribution is -2.41. The summed E-state index contributed by atoms with van der Waals surface area (Å²) in [6.07, 6.45) is 1.52. The number of halogens is 1. The average molecular weight is 412 g/mol. The van der Waals surface area contributed by atoms with E-state index < -0.39 is 18.3 Å². The summed E-state index contributed by atoms with van der Waals surface area (Å²) >= 11 is 6.11. The van der Waals surface area contributed by atoms with Crippen molar-refractivity contribution in [3.8, 4) is 5.75 Å². The van der Waals surface area contributed by atoms with Gasteiger partial charge in [0.05, 0.1) is 23.8 Å². The van der Waals surface area contributed by atoms with E-state index in [9.17, 15) is 0 Å². The predicted molar refractivity (Wildman–Crippen MR) is 117 cm³/mol. The molecule has 1 N–H and O–H groups in total. The standard InChI is InChI=1S/C21H23BClN3O3/c1-20(2)21(3,4)29-22(28-20)16-10-15-17(11-18(16)27-5)24-12-25-19(15)26-14-8-6-7-13(23)9-14/h6-12H,1-5H3,(H,24,25,26). The number of benzene rings is 2. The van der Waals surface area contributed by atoms with E-state index in [4.69, 9.17) is 25.6 Å². The number of ether oxygens (including phenoxy) is 1. The molecule has 0 unspecified atom stereocenters. The summed E-state index contributed by atoms with van der Waals surface area (Å²) in [6, 6.07) is 11.3. The number of anilines is 2. The van der Waals surface area contributed by atoms with Crippen molar-refractivity contribution in [2.24, 2.45) is 0 Å². The minimum Gasteiger partial charge on any atom is -0.497 e. The van der Waals surface area contributed by atoms with Crippen LogP contribution in [0.3, 0.4) is 0 Å². The maximum Gasteiger partial charge on any atom is 0.498 e. The van der Waals surface area contributed by atoms with Crippen molar-refractivity contribution in [2.75, 3.05) is 12.4 Å². The Morgan fingerprint density at radius 1 is 1.03 bits per heavy atom. The Hall–Kier alpha value is -2.35. The molecule has 0 spiro atoms. The van der Waals surface area contributed by atoms with E-state index in [2.05, 4.69) is 15.3 Å². The number of fused-ring (bicyclic) bond motifs is 1. The van der Waals surface area contributed by atoms with Crippen molar-refractivity contribution in [3.63, 3.8) is 0 Å². The van der Waals surface area contributed by atoms with Gasteiger partial charge in [0.15, 0.2) is 0 Å². The van der Waals surface area contributed by atoms with E-state index in [1.807, 2.05) is 64.1 Å². The van der Waals surface area contributed by atoms with E-state index in [1.54, 1.807) is 7.11 Å². The summed E-state index contributed by atoms with van der Waals surface area (Å²) in [5.74, 6) is 1.32. The van der Waals surface area contributed by atoms with Crippen molar-refractivity contribution >= 4 is 46.6 Å². The number of methoxy groups -OCH3 is 1. The summed E-state index contributed by atoms with van der Waals surface area (Å²) < 4.78 is 18.1. The van der Waals surface area contributed by atoms with E-state index in [0.29, 0.717) is 16.6 Å². The first-order valence-electron chi connectivity index (χ1n) is 9.41. The third kappa shape index (κ3) is 3.66. The molecule has 0 radical (unpaired) electrons. The van der Waals surface area contributed by atoms with E-state index in [1.165, 1.54) is 6.33 Å². The van der Waals surface area contributed by atoms with Crippen LogP contribution in [0.2, 0.25) is 5.02 Å². The molecule has 1 aliphatic heterocycles. The highest BCUT2D eigenvalue weighted by molar-refractivity contribution is 6.63. The molecular weight excluding hydrogens is 389 g/mol. The zero-order valence-corrected chi connectivity index (χ0v) is 17.9. The van der Waals surface area contributed by atoms with Crippen LogP contribution >= 0.6 is 11.6 Å². The molecule has 1 aromatic heterocycles. The van der Waals surface area contributed by atoms with Gasteiger partial charge < -0.3 is 19.4 Å². The Kier molecular flexibility index (Phi) is 4.93. The molecule has 6 nitrogen and oxygen atoms in total. The van der Waals surface area contributed by atoms with Crippen LogP contribution in [0.25, 0.3) is 10.9 Å². The van der Waals surface area contributed by atoms with Crippen LogP contribution in [0.15, 0.2) is 42.7 Å². The summed E-state index contributed by atoms with van der Waals surface area (Å²) in [5.41, 5.74) is 1.48. The normalized spacial score (nSPS) is 17.5. The smallest absolute Gasteiger partial charge is 0.497 e. The second-order valence-electron chi connectivity index (χ2n) is 8.06. The first-order valence-corrected chi connectivity index (χ1v) is 9.79. The highest BCUT2D eigenvalue weighted by atomic mass is 35.5. The van der Waals surface area contributed by atoms with Crippen molar-refractivity contribution in [1.82, 2.24) is 9.97 Å². The second-order valence-corrected chi connectivity index (χ2v) is 8.49. The molecule has 0 aliphatic carbocycles. The van der Waals surface area contributed by atoms with Gasteiger partial charge >= 0.3 is 7.12 Å². The first-order chi connectivity index (χ1) is 13.7.